The highest BCUT2D eigenvalue weighted by atomic mass is 79.9. The van der Waals surface area contributed by atoms with E-state index in [1.54, 1.807) is 18.2 Å². The first-order chi connectivity index (χ1) is 18.5. The lowest BCUT2D eigenvalue weighted by atomic mass is 10.1. The first-order valence-corrected chi connectivity index (χ1v) is 13.0. The van der Waals surface area contributed by atoms with Gasteiger partial charge in [-0.3, -0.25) is 9.78 Å². The van der Waals surface area contributed by atoms with Crippen LogP contribution in [-0.4, -0.2) is 33.9 Å². The van der Waals surface area contributed by atoms with E-state index in [-0.39, 0.29) is 27.9 Å². The van der Waals surface area contributed by atoms with Crippen molar-refractivity contribution in [3.8, 4) is 17.2 Å². The van der Waals surface area contributed by atoms with Crippen LogP contribution in [0, 0.1) is 11.8 Å². The lowest BCUT2D eigenvalue weighted by molar-refractivity contribution is -0.274. The normalized spacial score (nSPS) is 17.5. The van der Waals surface area contributed by atoms with Gasteiger partial charge in [-0.25, -0.2) is 4.98 Å². The number of carbonyl (C=O) groups excluding carboxylic acids is 1. The number of hydrogen-bond acceptors (Lipinski definition) is 6. The number of pyridine rings is 1. The van der Waals surface area contributed by atoms with E-state index < -0.39 is 6.36 Å². The fourth-order valence-corrected chi connectivity index (χ4v) is 5.09. The quantitative estimate of drug-likeness (QED) is 0.221. The molecule has 0 spiro atoms. The molecule has 0 bridgehead atoms. The predicted octanol–water partition coefficient (Wildman–Crippen LogP) is 7.20. The van der Waals surface area contributed by atoms with Gasteiger partial charge in [0.1, 0.15) is 22.9 Å². The Labute approximate surface area is 230 Å². The molecule has 3 unspecified atom stereocenters. The van der Waals surface area contributed by atoms with Gasteiger partial charge in [-0.15, -0.1) is 13.2 Å². The monoisotopic (exact) mass is 603 g/mol. The van der Waals surface area contributed by atoms with E-state index >= 15 is 0 Å². The van der Waals surface area contributed by atoms with Crippen LogP contribution < -0.4 is 20.1 Å². The first-order valence-electron chi connectivity index (χ1n) is 12.2. The average molecular weight is 604 g/mol. The molecule has 204 valence electrons. The number of alkyl halides is 3. The number of anilines is 2. The summed E-state index contributed by atoms with van der Waals surface area (Å²) >= 11 is 3.16. The van der Waals surface area contributed by atoms with Gasteiger partial charge in [0.15, 0.2) is 0 Å². The van der Waals surface area contributed by atoms with Gasteiger partial charge < -0.3 is 24.7 Å². The highest BCUT2D eigenvalue weighted by Gasteiger charge is 2.39. The van der Waals surface area contributed by atoms with Gasteiger partial charge >= 0.3 is 6.36 Å². The van der Waals surface area contributed by atoms with Crippen LogP contribution >= 0.6 is 15.9 Å². The fraction of sp³-hybridized carbons (Fsp3) is 0.296. The van der Waals surface area contributed by atoms with Crippen LogP contribution in [-0.2, 0) is 0 Å². The summed E-state index contributed by atoms with van der Waals surface area (Å²) in [5.41, 5.74) is 2.33. The zero-order valence-corrected chi connectivity index (χ0v) is 22.8. The number of fused-ring (bicyclic) bond motifs is 1. The van der Waals surface area contributed by atoms with Crippen molar-refractivity contribution in [2.24, 2.45) is 11.8 Å². The summed E-state index contributed by atoms with van der Waals surface area (Å²) in [6.07, 6.45) is -2.19. The van der Waals surface area contributed by atoms with Crippen LogP contribution in [0.2, 0.25) is 0 Å². The molecule has 0 saturated heterocycles. The molecule has 39 heavy (non-hydrogen) atoms. The minimum absolute atomic E-state index is 0.130. The molecule has 2 aromatic carbocycles. The minimum atomic E-state index is -4.79. The van der Waals surface area contributed by atoms with Gasteiger partial charge in [0.25, 0.3) is 5.91 Å². The number of halogens is 4. The Hall–Kier alpha value is -3.80. The molecule has 0 radical (unpaired) electrons. The molecule has 2 heterocycles. The van der Waals surface area contributed by atoms with Crippen LogP contribution in [0.5, 0.6) is 17.2 Å². The molecule has 12 heteroatoms. The summed E-state index contributed by atoms with van der Waals surface area (Å²) in [4.78, 5) is 20.8. The van der Waals surface area contributed by atoms with Crippen molar-refractivity contribution in [1.29, 1.82) is 0 Å². The van der Waals surface area contributed by atoms with Gasteiger partial charge in [0.05, 0.1) is 15.5 Å². The smallest absolute Gasteiger partial charge is 0.457 e. The molecule has 1 aliphatic carbocycles. The van der Waals surface area contributed by atoms with Crippen molar-refractivity contribution in [2.75, 3.05) is 12.4 Å². The molecule has 8 nitrogen and oxygen atoms in total. The van der Waals surface area contributed by atoms with E-state index in [1.165, 1.54) is 31.4 Å². The summed E-state index contributed by atoms with van der Waals surface area (Å²) in [6, 6.07) is 13.1. The number of carbonyl (C=O) groups is 1. The molecule has 1 saturated carbocycles. The van der Waals surface area contributed by atoms with E-state index in [2.05, 4.69) is 54.7 Å². The van der Waals surface area contributed by atoms with E-state index in [1.807, 2.05) is 12.1 Å². The Kier molecular flexibility index (Phi) is 7.15. The molecular formula is C27H25BrF3N5O3. The van der Waals surface area contributed by atoms with E-state index in [9.17, 15) is 18.0 Å². The van der Waals surface area contributed by atoms with Crippen LogP contribution in [0.1, 0.15) is 36.8 Å². The second-order valence-corrected chi connectivity index (χ2v) is 10.3. The number of imidazole rings is 1. The standard InChI is InChI=1S/C27H25BrF3N5O3/c1-14-10-19(14)15(2)36-23-6-5-17(38-18-8-9-33-22(13-18)25(37)32-3)12-21(23)35-26(36)34-16-4-7-24(20(28)11-16)39-27(29,30)31/h4-9,11-15,19H,10H2,1-3H3,(H,32,37)(H,34,35). The fourth-order valence-electron chi connectivity index (χ4n) is 4.64. The molecule has 0 aliphatic heterocycles. The number of aromatic nitrogens is 3. The number of benzene rings is 2. The molecule has 4 aromatic rings. The number of nitrogens with zero attached hydrogens (tertiary/aromatic N) is 3. The molecule has 3 atom stereocenters. The van der Waals surface area contributed by atoms with E-state index in [0.29, 0.717) is 40.5 Å². The third kappa shape index (κ3) is 5.95. The van der Waals surface area contributed by atoms with Crippen LogP contribution in [0.3, 0.4) is 0 Å². The molecule has 1 amide bonds. The van der Waals surface area contributed by atoms with Crippen molar-refractivity contribution < 1.29 is 27.4 Å². The molecule has 2 aromatic heterocycles. The number of amides is 1. The summed E-state index contributed by atoms with van der Waals surface area (Å²) in [5.74, 6) is 1.94. The average Bonchev–Trinajstić information content (AvgIpc) is 3.51. The Morgan fingerprint density at radius 2 is 1.90 bits per heavy atom. The lowest BCUT2D eigenvalue weighted by Crippen LogP contribution is -2.18. The van der Waals surface area contributed by atoms with Crippen LogP contribution in [0.4, 0.5) is 24.8 Å². The zero-order chi connectivity index (χ0) is 27.9. The maximum atomic E-state index is 12.7. The summed E-state index contributed by atoms with van der Waals surface area (Å²) in [6.45, 7) is 4.34. The second kappa shape index (κ2) is 10.4. The second-order valence-electron chi connectivity index (χ2n) is 9.45. The van der Waals surface area contributed by atoms with Crippen molar-refractivity contribution in [3.63, 3.8) is 0 Å². The maximum absolute atomic E-state index is 12.7. The SMILES string of the molecule is CNC(=O)c1cc(Oc2ccc3c(c2)nc(Nc2ccc(OC(F)(F)F)c(Br)c2)n3C(C)C2CC2C)ccn1. The minimum Gasteiger partial charge on any atom is -0.457 e. The number of nitrogens with one attached hydrogen (secondary N) is 2. The van der Waals surface area contributed by atoms with Gasteiger partial charge in [0, 0.05) is 37.1 Å². The maximum Gasteiger partial charge on any atom is 0.573 e. The third-order valence-electron chi connectivity index (χ3n) is 6.70. The van der Waals surface area contributed by atoms with Crippen molar-refractivity contribution in [3.05, 3.63) is 64.9 Å². The predicted molar refractivity (Wildman–Crippen MR) is 144 cm³/mol. The highest BCUT2D eigenvalue weighted by molar-refractivity contribution is 9.10. The molecule has 2 N–H and O–H groups in total. The van der Waals surface area contributed by atoms with Crippen LogP contribution in [0.15, 0.2) is 59.2 Å². The van der Waals surface area contributed by atoms with Gasteiger partial charge in [-0.1, -0.05) is 6.92 Å². The van der Waals surface area contributed by atoms with Crippen molar-refractivity contribution in [2.45, 2.75) is 32.7 Å². The Bertz CT molecular complexity index is 1540. The first kappa shape index (κ1) is 26.8. The largest absolute Gasteiger partial charge is 0.573 e. The number of hydrogen-bond donors (Lipinski definition) is 2. The number of ether oxygens (including phenoxy) is 2. The zero-order valence-electron chi connectivity index (χ0n) is 21.2. The molecule has 5 rings (SSSR count). The Balaban J connectivity index is 1.47. The summed E-state index contributed by atoms with van der Waals surface area (Å²) in [5, 5.41) is 5.79. The summed E-state index contributed by atoms with van der Waals surface area (Å²) in [7, 11) is 1.53. The molecule has 1 fully saturated rings. The van der Waals surface area contributed by atoms with Gasteiger partial charge in [0.2, 0.25) is 5.95 Å². The van der Waals surface area contributed by atoms with E-state index in [0.717, 1.165) is 11.9 Å². The third-order valence-corrected chi connectivity index (χ3v) is 7.32. The highest BCUT2D eigenvalue weighted by Crippen LogP contribution is 2.48. The summed E-state index contributed by atoms with van der Waals surface area (Å²) < 4.78 is 50.3. The topological polar surface area (TPSA) is 90.3 Å². The van der Waals surface area contributed by atoms with E-state index in [4.69, 9.17) is 9.72 Å². The van der Waals surface area contributed by atoms with Gasteiger partial charge in [-0.05, 0) is 77.5 Å². The Morgan fingerprint density at radius 3 is 2.56 bits per heavy atom. The molecule has 1 aliphatic rings. The van der Waals surface area contributed by atoms with Crippen molar-refractivity contribution >= 4 is 44.5 Å². The van der Waals surface area contributed by atoms with Gasteiger partial charge in [-0.2, -0.15) is 0 Å². The Morgan fingerprint density at radius 1 is 1.15 bits per heavy atom. The van der Waals surface area contributed by atoms with Crippen LogP contribution in [0.25, 0.3) is 11.0 Å². The molecular weight excluding hydrogens is 579 g/mol. The lowest BCUT2D eigenvalue weighted by Gasteiger charge is -2.19. The number of rotatable bonds is 8. The van der Waals surface area contributed by atoms with Crippen molar-refractivity contribution in [1.82, 2.24) is 19.9 Å².